The van der Waals surface area contributed by atoms with E-state index in [9.17, 15) is 0 Å². The van der Waals surface area contributed by atoms with Gasteiger partial charge in [-0.15, -0.1) is 0 Å². The Morgan fingerprint density at radius 1 is 1.00 bits per heavy atom. The van der Waals surface area contributed by atoms with Crippen LogP contribution in [0.25, 0.3) is 0 Å². The van der Waals surface area contributed by atoms with Crippen LogP contribution in [0.15, 0.2) is 0 Å². The quantitative estimate of drug-likeness (QED) is 0.335. The summed E-state index contributed by atoms with van der Waals surface area (Å²) in [7, 11) is -3.79. The fourth-order valence-corrected chi connectivity index (χ4v) is 2.47. The summed E-state index contributed by atoms with van der Waals surface area (Å²) in [5.74, 6) is 1.68. The van der Waals surface area contributed by atoms with Crippen molar-refractivity contribution in [3.63, 3.8) is 0 Å². The Balaban J connectivity index is 3.01. The van der Waals surface area contributed by atoms with Gasteiger partial charge in [0.2, 0.25) is 0 Å². The number of thioether (sulfide) groups is 1. The summed E-state index contributed by atoms with van der Waals surface area (Å²) in [6.45, 7) is 0.200. The molecule has 4 N–H and O–H groups in total. The van der Waals surface area contributed by atoms with Crippen LogP contribution in [0.4, 0.5) is 0 Å². The molecule has 0 saturated carbocycles. The van der Waals surface area contributed by atoms with Crippen molar-refractivity contribution in [2.24, 2.45) is 0 Å². The molecule has 0 aromatic heterocycles. The molecule has 0 atom stereocenters. The number of aliphatic hydroxyl groups is 1. The molecule has 0 aliphatic rings. The molecule has 0 fully saturated rings. The maximum atomic E-state index is 8.62. The van der Waals surface area contributed by atoms with Gasteiger partial charge in [-0.1, -0.05) is 0 Å². The Morgan fingerprint density at radius 3 is 2.08 bits per heavy atom. The van der Waals surface area contributed by atoms with Crippen LogP contribution < -0.4 is 0 Å². The van der Waals surface area contributed by atoms with Crippen LogP contribution in [0.1, 0.15) is 12.8 Å². The van der Waals surface area contributed by atoms with Crippen LogP contribution in [0.2, 0.25) is 6.04 Å². The van der Waals surface area contributed by atoms with Gasteiger partial charge in [-0.3, -0.25) is 0 Å². The Morgan fingerprint density at radius 2 is 1.58 bits per heavy atom. The number of aliphatic hydroxyl groups excluding tert-OH is 1. The van der Waals surface area contributed by atoms with E-state index < -0.39 is 8.80 Å². The van der Waals surface area contributed by atoms with Gasteiger partial charge in [0, 0.05) is 12.7 Å². The topological polar surface area (TPSA) is 80.9 Å². The molecular formula is C6H16O4SSi. The fraction of sp³-hybridized carbons (Fsp3) is 1.00. The third kappa shape index (κ3) is 10.4. The standard InChI is InChI=1S/C6H16O4SSi/c7-3-1-4-11-5-2-6-12(8,9)10/h7-10H,1-6H2. The van der Waals surface area contributed by atoms with Crippen LogP contribution in [0.3, 0.4) is 0 Å². The van der Waals surface area contributed by atoms with Crippen LogP contribution >= 0.6 is 11.8 Å². The highest BCUT2D eigenvalue weighted by Gasteiger charge is 2.25. The first kappa shape index (κ1) is 12.4. The summed E-state index contributed by atoms with van der Waals surface area (Å²) < 4.78 is 0. The van der Waals surface area contributed by atoms with Gasteiger partial charge >= 0.3 is 8.80 Å². The maximum absolute atomic E-state index is 8.62. The Kier molecular flexibility index (Phi) is 7.11. The van der Waals surface area contributed by atoms with Crippen molar-refractivity contribution in [1.82, 2.24) is 0 Å². The Labute approximate surface area is 77.6 Å². The second kappa shape index (κ2) is 6.87. The monoisotopic (exact) mass is 212 g/mol. The molecule has 0 bridgehead atoms. The molecule has 0 amide bonds. The van der Waals surface area contributed by atoms with E-state index in [0.717, 1.165) is 17.9 Å². The zero-order valence-electron chi connectivity index (χ0n) is 6.94. The number of hydrogen-bond donors (Lipinski definition) is 4. The minimum atomic E-state index is -3.79. The second-order valence-corrected chi connectivity index (χ2v) is 5.84. The van der Waals surface area contributed by atoms with Crippen molar-refractivity contribution in [2.45, 2.75) is 18.9 Å². The van der Waals surface area contributed by atoms with Crippen molar-refractivity contribution in [3.05, 3.63) is 0 Å². The molecule has 12 heavy (non-hydrogen) atoms. The van der Waals surface area contributed by atoms with E-state index >= 15 is 0 Å². The van der Waals surface area contributed by atoms with Crippen molar-refractivity contribution in [2.75, 3.05) is 18.1 Å². The molecule has 0 aliphatic heterocycles. The fourth-order valence-electron chi connectivity index (χ4n) is 0.680. The first-order valence-electron chi connectivity index (χ1n) is 3.92. The average molecular weight is 212 g/mol. The van der Waals surface area contributed by atoms with E-state index in [0.29, 0.717) is 6.42 Å². The molecule has 74 valence electrons. The molecule has 0 saturated heterocycles. The molecule has 0 radical (unpaired) electrons. The van der Waals surface area contributed by atoms with Gasteiger partial charge in [-0.2, -0.15) is 11.8 Å². The Bertz CT molecular complexity index is 106. The summed E-state index contributed by atoms with van der Waals surface area (Å²) in [4.78, 5) is 25.9. The highest BCUT2D eigenvalue weighted by Crippen LogP contribution is 2.09. The molecule has 0 aromatic rings. The van der Waals surface area contributed by atoms with Crippen molar-refractivity contribution in [3.8, 4) is 0 Å². The lowest BCUT2D eigenvalue weighted by Crippen LogP contribution is -2.34. The van der Waals surface area contributed by atoms with Gasteiger partial charge < -0.3 is 19.5 Å². The van der Waals surface area contributed by atoms with Crippen LogP contribution in [0, 0.1) is 0 Å². The van der Waals surface area contributed by atoms with Gasteiger partial charge in [0.1, 0.15) is 0 Å². The van der Waals surface area contributed by atoms with Gasteiger partial charge in [-0.25, -0.2) is 0 Å². The smallest absolute Gasteiger partial charge is 0.396 e. The van der Waals surface area contributed by atoms with Crippen molar-refractivity contribution >= 4 is 20.6 Å². The molecular weight excluding hydrogens is 196 g/mol. The normalized spacial score (nSPS) is 12.0. The largest absolute Gasteiger partial charge is 0.492 e. The predicted octanol–water partition coefficient (Wildman–Crippen LogP) is -0.592. The molecule has 0 spiro atoms. The van der Waals surface area contributed by atoms with Crippen molar-refractivity contribution < 1.29 is 19.5 Å². The predicted molar refractivity (Wildman–Crippen MR) is 50.9 cm³/mol. The first-order valence-corrected chi connectivity index (χ1v) is 7.12. The summed E-state index contributed by atoms with van der Waals surface area (Å²) in [5, 5.41) is 8.43. The average Bonchev–Trinajstić information content (AvgIpc) is 1.94. The summed E-state index contributed by atoms with van der Waals surface area (Å²) in [5.41, 5.74) is 0. The van der Waals surface area contributed by atoms with Gasteiger partial charge in [0.15, 0.2) is 0 Å². The van der Waals surface area contributed by atoms with Crippen LogP contribution in [0.5, 0.6) is 0 Å². The summed E-state index contributed by atoms with van der Waals surface area (Å²) in [6, 6.07) is 0.110. The second-order valence-electron chi connectivity index (χ2n) is 2.57. The minimum absolute atomic E-state index is 0.110. The molecule has 0 rings (SSSR count). The lowest BCUT2D eigenvalue weighted by Gasteiger charge is -2.07. The summed E-state index contributed by atoms with van der Waals surface area (Å²) >= 11 is 1.65. The third-order valence-electron chi connectivity index (χ3n) is 1.25. The maximum Gasteiger partial charge on any atom is 0.492 e. The highest BCUT2D eigenvalue weighted by atomic mass is 32.2. The zero-order chi connectivity index (χ0) is 9.45. The molecule has 4 nitrogen and oxygen atoms in total. The molecule has 0 aliphatic carbocycles. The van der Waals surface area contributed by atoms with E-state index in [1.807, 2.05) is 0 Å². The van der Waals surface area contributed by atoms with E-state index in [2.05, 4.69) is 0 Å². The van der Waals surface area contributed by atoms with E-state index in [1.54, 1.807) is 11.8 Å². The van der Waals surface area contributed by atoms with Crippen molar-refractivity contribution in [1.29, 1.82) is 0 Å². The zero-order valence-corrected chi connectivity index (χ0v) is 8.76. The lowest BCUT2D eigenvalue weighted by molar-refractivity contribution is 0.227. The van der Waals surface area contributed by atoms with Gasteiger partial charge in [0.25, 0.3) is 0 Å². The molecule has 6 heteroatoms. The number of rotatable bonds is 7. The van der Waals surface area contributed by atoms with Gasteiger partial charge in [0.05, 0.1) is 0 Å². The van der Waals surface area contributed by atoms with Crippen LogP contribution in [-0.2, 0) is 0 Å². The highest BCUT2D eigenvalue weighted by molar-refractivity contribution is 7.99. The Hall–Kier alpha value is 0.407. The van der Waals surface area contributed by atoms with Crippen LogP contribution in [-0.4, -0.2) is 46.4 Å². The minimum Gasteiger partial charge on any atom is -0.396 e. The number of hydrogen-bond acceptors (Lipinski definition) is 5. The van der Waals surface area contributed by atoms with E-state index in [-0.39, 0.29) is 12.7 Å². The summed E-state index contributed by atoms with van der Waals surface area (Å²) in [6.07, 6.45) is 1.39. The third-order valence-corrected chi connectivity index (χ3v) is 3.43. The van der Waals surface area contributed by atoms with E-state index in [1.165, 1.54) is 0 Å². The SMILES string of the molecule is OCCCSCCC[Si](O)(O)O. The van der Waals surface area contributed by atoms with Gasteiger partial charge in [-0.05, 0) is 24.3 Å². The molecule has 0 heterocycles. The van der Waals surface area contributed by atoms with E-state index in [4.69, 9.17) is 19.5 Å². The first-order chi connectivity index (χ1) is 5.56. The molecule has 0 unspecified atom stereocenters. The lowest BCUT2D eigenvalue weighted by atomic mass is 10.5. The molecule has 0 aromatic carbocycles.